The van der Waals surface area contributed by atoms with Crippen LogP contribution in [0.4, 0.5) is 5.69 Å². The molecule has 2 atom stereocenters. The maximum absolute atomic E-state index is 11.8. The van der Waals surface area contributed by atoms with E-state index in [1.165, 1.54) is 7.11 Å². The van der Waals surface area contributed by atoms with Gasteiger partial charge in [-0.1, -0.05) is 19.1 Å². The summed E-state index contributed by atoms with van der Waals surface area (Å²) in [5.41, 5.74) is 0.570. The molecular weight excluding hydrogens is 274 g/mol. The van der Waals surface area contributed by atoms with Gasteiger partial charge in [-0.15, -0.1) is 0 Å². The molecule has 0 aromatic heterocycles. The number of hydrogen-bond acceptors (Lipinski definition) is 5. The number of nitrogens with one attached hydrogen (secondary N) is 1. The predicted molar refractivity (Wildman–Crippen MR) is 74.6 cm³/mol. The smallest absolute Gasteiger partial charge is 0.339 e. The summed E-state index contributed by atoms with van der Waals surface area (Å²) < 4.78 is 9.56. The Bertz CT molecular complexity index is 569. The van der Waals surface area contributed by atoms with Gasteiger partial charge in [-0.3, -0.25) is 9.59 Å². The number of rotatable bonds is 5. The van der Waals surface area contributed by atoms with Gasteiger partial charge in [0.2, 0.25) is 0 Å². The minimum Gasteiger partial charge on any atom is -0.465 e. The number of methoxy groups -OCH3 is 1. The lowest BCUT2D eigenvalue weighted by molar-refractivity contribution is -0.148. The maximum Gasteiger partial charge on any atom is 0.339 e. The number of anilines is 1. The van der Waals surface area contributed by atoms with E-state index >= 15 is 0 Å². The highest BCUT2D eigenvalue weighted by molar-refractivity contribution is 6.01. The second-order valence-corrected chi connectivity index (χ2v) is 5.01. The number of esters is 2. The molecule has 0 heterocycles. The molecule has 0 spiro atoms. The second-order valence-electron chi connectivity index (χ2n) is 5.01. The highest BCUT2D eigenvalue weighted by atomic mass is 16.5. The van der Waals surface area contributed by atoms with Crippen LogP contribution >= 0.6 is 0 Å². The van der Waals surface area contributed by atoms with E-state index in [-0.39, 0.29) is 24.1 Å². The number of carbonyl (C=O) groups excluding carboxylic acids is 3. The SMILES string of the molecule is COC(=O)c1ccccc1NC(=O)COC(=O)[C@@H]1C[C@H]1C. The fraction of sp³-hybridized carbons (Fsp3) is 0.400. The molecule has 21 heavy (non-hydrogen) atoms. The van der Waals surface area contributed by atoms with Crippen LogP contribution in [0.5, 0.6) is 0 Å². The Kier molecular flexibility index (Phi) is 4.57. The first-order chi connectivity index (χ1) is 10.0. The molecule has 0 aliphatic heterocycles. The van der Waals surface area contributed by atoms with Crippen LogP contribution in [-0.4, -0.2) is 31.6 Å². The Balaban J connectivity index is 1.90. The lowest BCUT2D eigenvalue weighted by Gasteiger charge is -2.09. The Hall–Kier alpha value is -2.37. The predicted octanol–water partition coefficient (Wildman–Crippen LogP) is 1.61. The van der Waals surface area contributed by atoms with Crippen molar-refractivity contribution in [1.82, 2.24) is 0 Å². The first-order valence-electron chi connectivity index (χ1n) is 6.66. The summed E-state index contributed by atoms with van der Waals surface area (Å²) in [6.45, 7) is 1.59. The Morgan fingerprint density at radius 2 is 1.95 bits per heavy atom. The van der Waals surface area contributed by atoms with Gasteiger partial charge in [-0.25, -0.2) is 4.79 Å². The summed E-state index contributed by atoms with van der Waals surface area (Å²) in [6.07, 6.45) is 0.811. The maximum atomic E-state index is 11.8. The van der Waals surface area contributed by atoms with Gasteiger partial charge in [0.05, 0.1) is 24.3 Å². The van der Waals surface area contributed by atoms with E-state index in [0.29, 0.717) is 11.6 Å². The molecule has 1 fully saturated rings. The van der Waals surface area contributed by atoms with E-state index in [2.05, 4.69) is 10.1 Å². The number of amides is 1. The van der Waals surface area contributed by atoms with Crippen LogP contribution in [-0.2, 0) is 19.1 Å². The highest BCUT2D eigenvalue weighted by Gasteiger charge is 2.40. The highest BCUT2D eigenvalue weighted by Crippen LogP contribution is 2.38. The van der Waals surface area contributed by atoms with Crippen molar-refractivity contribution in [2.24, 2.45) is 11.8 Å². The monoisotopic (exact) mass is 291 g/mol. The number of benzene rings is 1. The minimum absolute atomic E-state index is 0.0832. The molecule has 6 heteroatoms. The third kappa shape index (κ3) is 3.81. The van der Waals surface area contributed by atoms with Crippen molar-refractivity contribution in [3.63, 3.8) is 0 Å². The van der Waals surface area contributed by atoms with E-state index in [9.17, 15) is 14.4 Å². The van der Waals surface area contributed by atoms with Gasteiger partial charge in [0.1, 0.15) is 0 Å². The van der Waals surface area contributed by atoms with Gasteiger partial charge in [0.15, 0.2) is 6.61 Å². The first-order valence-corrected chi connectivity index (χ1v) is 6.66. The zero-order valence-corrected chi connectivity index (χ0v) is 11.9. The average Bonchev–Trinajstić information content (AvgIpc) is 3.21. The zero-order chi connectivity index (χ0) is 15.4. The van der Waals surface area contributed by atoms with Crippen LogP contribution in [0.3, 0.4) is 0 Å². The molecule has 1 N–H and O–H groups in total. The molecule has 6 nitrogen and oxygen atoms in total. The van der Waals surface area contributed by atoms with Crippen molar-refractivity contribution in [1.29, 1.82) is 0 Å². The van der Waals surface area contributed by atoms with Gasteiger partial charge in [-0.05, 0) is 24.5 Å². The Labute approximate surface area is 122 Å². The lowest BCUT2D eigenvalue weighted by Crippen LogP contribution is -2.23. The van der Waals surface area contributed by atoms with Crippen LogP contribution in [0, 0.1) is 11.8 Å². The van der Waals surface area contributed by atoms with Gasteiger partial charge in [-0.2, -0.15) is 0 Å². The quantitative estimate of drug-likeness (QED) is 0.833. The summed E-state index contributed by atoms with van der Waals surface area (Å²) in [5.74, 6) is -1.14. The van der Waals surface area contributed by atoms with Crippen LogP contribution in [0.2, 0.25) is 0 Å². The molecule has 1 aromatic carbocycles. The van der Waals surface area contributed by atoms with E-state index in [4.69, 9.17) is 4.74 Å². The first kappa shape index (κ1) is 15.0. The molecule has 112 valence electrons. The topological polar surface area (TPSA) is 81.7 Å². The van der Waals surface area contributed by atoms with Crippen molar-refractivity contribution in [3.8, 4) is 0 Å². The molecule has 2 rings (SSSR count). The van der Waals surface area contributed by atoms with Crippen molar-refractivity contribution < 1.29 is 23.9 Å². The molecule has 1 aliphatic carbocycles. The molecule has 0 saturated heterocycles. The van der Waals surface area contributed by atoms with E-state index in [1.807, 2.05) is 6.92 Å². The van der Waals surface area contributed by atoms with E-state index in [1.54, 1.807) is 24.3 Å². The summed E-state index contributed by atoms with van der Waals surface area (Å²) in [4.78, 5) is 34.8. The van der Waals surface area contributed by atoms with Gasteiger partial charge in [0.25, 0.3) is 5.91 Å². The van der Waals surface area contributed by atoms with Crippen LogP contribution < -0.4 is 5.32 Å². The molecule has 1 amide bonds. The molecule has 0 unspecified atom stereocenters. The van der Waals surface area contributed by atoms with Crippen LogP contribution in [0.25, 0.3) is 0 Å². The largest absolute Gasteiger partial charge is 0.465 e. The van der Waals surface area contributed by atoms with Gasteiger partial charge < -0.3 is 14.8 Å². The summed E-state index contributed by atoms with van der Waals surface area (Å²) >= 11 is 0. The van der Waals surface area contributed by atoms with Crippen molar-refractivity contribution in [3.05, 3.63) is 29.8 Å². The van der Waals surface area contributed by atoms with Gasteiger partial charge in [0, 0.05) is 0 Å². The molecule has 1 aliphatic rings. The van der Waals surface area contributed by atoms with Crippen LogP contribution in [0.1, 0.15) is 23.7 Å². The Morgan fingerprint density at radius 1 is 1.29 bits per heavy atom. The zero-order valence-electron chi connectivity index (χ0n) is 11.9. The molecular formula is C15H17NO5. The lowest BCUT2D eigenvalue weighted by atomic mass is 10.2. The number of para-hydroxylation sites is 1. The van der Waals surface area contributed by atoms with Crippen molar-refractivity contribution in [2.75, 3.05) is 19.0 Å². The average molecular weight is 291 g/mol. The summed E-state index contributed by atoms with van der Waals surface area (Å²) in [6, 6.07) is 6.46. The molecule has 0 bridgehead atoms. The molecule has 0 radical (unpaired) electrons. The second kappa shape index (κ2) is 6.39. The molecule has 1 saturated carbocycles. The third-order valence-corrected chi connectivity index (χ3v) is 3.36. The van der Waals surface area contributed by atoms with Crippen LogP contribution in [0.15, 0.2) is 24.3 Å². The normalized spacial score (nSPS) is 19.5. The Morgan fingerprint density at radius 3 is 2.57 bits per heavy atom. The van der Waals surface area contributed by atoms with Gasteiger partial charge >= 0.3 is 11.9 Å². The van der Waals surface area contributed by atoms with E-state index in [0.717, 1.165) is 6.42 Å². The minimum atomic E-state index is -0.547. The number of carbonyl (C=O) groups is 3. The number of ether oxygens (including phenoxy) is 2. The fourth-order valence-corrected chi connectivity index (χ4v) is 1.96. The third-order valence-electron chi connectivity index (χ3n) is 3.36. The van der Waals surface area contributed by atoms with Crippen molar-refractivity contribution in [2.45, 2.75) is 13.3 Å². The fourth-order valence-electron chi connectivity index (χ4n) is 1.96. The number of hydrogen-bond donors (Lipinski definition) is 1. The van der Waals surface area contributed by atoms with E-state index < -0.39 is 11.9 Å². The molecule has 1 aromatic rings. The standard InChI is InChI=1S/C15H17NO5/c1-9-7-11(9)15(19)21-8-13(17)16-12-6-4-3-5-10(12)14(18)20-2/h3-6,9,11H,7-8H2,1-2H3,(H,16,17)/t9-,11-/m1/s1. The summed E-state index contributed by atoms with van der Waals surface area (Å²) in [7, 11) is 1.26. The summed E-state index contributed by atoms with van der Waals surface area (Å²) in [5, 5.41) is 2.53. The van der Waals surface area contributed by atoms with Crippen molar-refractivity contribution >= 4 is 23.5 Å².